The van der Waals surface area contributed by atoms with Gasteiger partial charge in [-0.15, -0.1) is 0 Å². The molecule has 2 fully saturated rings. The van der Waals surface area contributed by atoms with Gasteiger partial charge in [-0.2, -0.15) is 0 Å². The van der Waals surface area contributed by atoms with E-state index in [4.69, 9.17) is 23.5 Å². The van der Waals surface area contributed by atoms with Gasteiger partial charge in [0.15, 0.2) is 5.72 Å². The lowest BCUT2D eigenvalue weighted by Crippen LogP contribution is -2.72. The van der Waals surface area contributed by atoms with Crippen LogP contribution < -0.4 is 5.32 Å². The second kappa shape index (κ2) is 12.1. The van der Waals surface area contributed by atoms with Crippen molar-refractivity contribution in [1.82, 2.24) is 5.32 Å². The van der Waals surface area contributed by atoms with E-state index in [9.17, 15) is 19.0 Å². The first-order valence-electron chi connectivity index (χ1n) is 12.4. The van der Waals surface area contributed by atoms with Crippen LogP contribution in [0.4, 0.5) is 0 Å². The molecule has 1 saturated heterocycles. The minimum absolute atomic E-state index is 0.107. The van der Waals surface area contributed by atoms with Gasteiger partial charge in [0, 0.05) is 21.0 Å². The zero-order valence-corrected chi connectivity index (χ0v) is 22.5. The molecule has 1 aliphatic heterocycles. The van der Waals surface area contributed by atoms with Gasteiger partial charge in [0.2, 0.25) is 5.91 Å². The summed E-state index contributed by atoms with van der Waals surface area (Å²) in [4.78, 5) is 34.4. The number of ether oxygens (including phenoxy) is 4. The summed E-state index contributed by atoms with van der Waals surface area (Å²) >= 11 is 0. The van der Waals surface area contributed by atoms with Gasteiger partial charge in [0.1, 0.15) is 6.61 Å². The van der Waals surface area contributed by atoms with E-state index in [0.717, 1.165) is 18.2 Å². The molecule has 38 heavy (non-hydrogen) atoms. The van der Waals surface area contributed by atoms with Crippen molar-refractivity contribution in [3.63, 3.8) is 0 Å². The highest BCUT2D eigenvalue weighted by Crippen LogP contribution is 2.58. The molecule has 2 aliphatic rings. The normalized spacial score (nSPS) is 29.5. The van der Waals surface area contributed by atoms with Gasteiger partial charge in [-0.25, -0.2) is 0 Å². The van der Waals surface area contributed by atoms with Crippen LogP contribution in [0.15, 0.2) is 60.7 Å². The van der Waals surface area contributed by atoms with Gasteiger partial charge in [-0.05, 0) is 11.1 Å². The molecule has 0 spiro atoms. The Kier molecular flexibility index (Phi) is 9.03. The standard InChI is InChI=1S/C27H34NO9P/c1-18(29)28-27-22(16-34-19(2)30)25(35-14-20-10-6-4-7-11-20)26(36-15-21-12-8-5-9-13-21)24(27)23(37-27)17-38(31,32)33-3/h4-13,22-26H,14-17H2,1-3H3,(H,28,29)(H,31,32)/t22?,23-,24?,25-,26?,27?/m1/s1. The summed E-state index contributed by atoms with van der Waals surface area (Å²) in [5, 5.41) is 2.89. The summed E-state index contributed by atoms with van der Waals surface area (Å²) in [6.45, 7) is 3.01. The van der Waals surface area contributed by atoms with Gasteiger partial charge in [-0.1, -0.05) is 60.7 Å². The van der Waals surface area contributed by atoms with Crippen LogP contribution in [0.1, 0.15) is 25.0 Å². The highest BCUT2D eigenvalue weighted by molar-refractivity contribution is 7.52. The van der Waals surface area contributed by atoms with Gasteiger partial charge < -0.3 is 33.7 Å². The smallest absolute Gasteiger partial charge is 0.330 e. The van der Waals surface area contributed by atoms with E-state index in [2.05, 4.69) is 5.32 Å². The van der Waals surface area contributed by atoms with Crippen LogP contribution in [-0.4, -0.2) is 60.7 Å². The van der Waals surface area contributed by atoms with Crippen molar-refractivity contribution in [2.24, 2.45) is 11.8 Å². The first-order valence-corrected chi connectivity index (χ1v) is 14.2. The van der Waals surface area contributed by atoms with Gasteiger partial charge in [-0.3, -0.25) is 14.2 Å². The van der Waals surface area contributed by atoms with Crippen molar-refractivity contribution in [3.8, 4) is 0 Å². The molecule has 10 nitrogen and oxygen atoms in total. The Bertz CT molecular complexity index is 1150. The van der Waals surface area contributed by atoms with Gasteiger partial charge in [0.05, 0.1) is 49.5 Å². The number of carbonyl (C=O) groups excluding carboxylic acids is 2. The van der Waals surface area contributed by atoms with Crippen LogP contribution in [0.2, 0.25) is 0 Å². The zero-order chi connectivity index (χ0) is 27.3. The number of amides is 1. The maximum absolute atomic E-state index is 12.5. The Balaban J connectivity index is 1.70. The van der Waals surface area contributed by atoms with Gasteiger partial charge in [0.25, 0.3) is 0 Å². The molecule has 0 aromatic heterocycles. The van der Waals surface area contributed by atoms with Crippen LogP contribution in [0.3, 0.4) is 0 Å². The largest absolute Gasteiger partial charge is 0.465 e. The van der Waals surface area contributed by atoms with Crippen LogP contribution >= 0.6 is 7.60 Å². The first-order chi connectivity index (χ1) is 18.1. The Morgan fingerprint density at radius 1 is 0.974 bits per heavy atom. The van der Waals surface area contributed by atoms with Crippen molar-refractivity contribution >= 4 is 19.5 Å². The third kappa shape index (κ3) is 6.34. The monoisotopic (exact) mass is 547 g/mol. The molecule has 1 heterocycles. The molecule has 2 N–H and O–H groups in total. The van der Waals surface area contributed by atoms with Crippen LogP contribution in [0.25, 0.3) is 0 Å². The number of carbonyl (C=O) groups is 2. The zero-order valence-electron chi connectivity index (χ0n) is 21.6. The fraction of sp³-hybridized carbons (Fsp3) is 0.481. The van der Waals surface area contributed by atoms with Crippen molar-refractivity contribution in [2.75, 3.05) is 19.9 Å². The third-order valence-electron chi connectivity index (χ3n) is 6.97. The summed E-state index contributed by atoms with van der Waals surface area (Å²) in [5.74, 6) is -2.09. The Morgan fingerprint density at radius 2 is 1.53 bits per heavy atom. The van der Waals surface area contributed by atoms with E-state index in [1.165, 1.54) is 13.8 Å². The molecule has 4 rings (SSSR count). The van der Waals surface area contributed by atoms with Crippen LogP contribution in [0.5, 0.6) is 0 Å². The average molecular weight is 548 g/mol. The molecule has 11 heteroatoms. The minimum atomic E-state index is -3.96. The third-order valence-corrected chi connectivity index (χ3v) is 8.36. The lowest BCUT2D eigenvalue weighted by Gasteiger charge is -2.54. The fourth-order valence-corrected chi connectivity index (χ4v) is 6.28. The number of benzene rings is 2. The molecule has 0 radical (unpaired) electrons. The predicted molar refractivity (Wildman–Crippen MR) is 137 cm³/mol. The van der Waals surface area contributed by atoms with E-state index in [0.29, 0.717) is 0 Å². The lowest BCUT2D eigenvalue weighted by molar-refractivity contribution is -0.288. The van der Waals surface area contributed by atoms with E-state index in [1.54, 1.807) is 0 Å². The molecular weight excluding hydrogens is 513 g/mol. The molecule has 2 aromatic rings. The summed E-state index contributed by atoms with van der Waals surface area (Å²) in [7, 11) is -2.80. The molecule has 2 aromatic carbocycles. The van der Waals surface area contributed by atoms with E-state index < -0.39 is 49.4 Å². The van der Waals surface area contributed by atoms with Crippen molar-refractivity contribution in [2.45, 2.75) is 51.1 Å². The van der Waals surface area contributed by atoms with Gasteiger partial charge >= 0.3 is 13.6 Å². The van der Waals surface area contributed by atoms with E-state index in [1.807, 2.05) is 60.7 Å². The number of nitrogens with one attached hydrogen (secondary N) is 1. The quantitative estimate of drug-likeness (QED) is 0.304. The molecule has 1 saturated carbocycles. The number of esters is 1. The van der Waals surface area contributed by atoms with E-state index >= 15 is 0 Å². The van der Waals surface area contributed by atoms with Crippen molar-refractivity contribution in [1.29, 1.82) is 0 Å². The fourth-order valence-electron chi connectivity index (χ4n) is 5.38. The summed E-state index contributed by atoms with van der Waals surface area (Å²) in [5.41, 5.74) is 0.511. The number of rotatable bonds is 12. The maximum Gasteiger partial charge on any atom is 0.330 e. The van der Waals surface area contributed by atoms with Crippen LogP contribution in [0, 0.1) is 11.8 Å². The summed E-state index contributed by atoms with van der Waals surface area (Å²) < 4.78 is 41.8. The van der Waals surface area contributed by atoms with E-state index in [-0.39, 0.29) is 31.9 Å². The SMILES string of the molecule is COP(=O)(O)C[C@H]1OC2(NC(C)=O)C(COC(C)=O)[C@@H](OCc3ccccc3)C(OCc3ccccc3)C12. The highest BCUT2D eigenvalue weighted by Gasteiger charge is 2.73. The van der Waals surface area contributed by atoms with Crippen molar-refractivity contribution < 1.29 is 42.5 Å². The summed E-state index contributed by atoms with van der Waals surface area (Å²) in [6, 6.07) is 19.1. The predicted octanol–water partition coefficient (Wildman–Crippen LogP) is 3.03. The topological polar surface area (TPSA) is 130 Å². The second-order valence-electron chi connectivity index (χ2n) is 9.59. The summed E-state index contributed by atoms with van der Waals surface area (Å²) in [6.07, 6.45) is -2.42. The number of hydrogen-bond acceptors (Lipinski definition) is 8. The molecule has 206 valence electrons. The highest BCUT2D eigenvalue weighted by atomic mass is 31.2. The average Bonchev–Trinajstić information content (AvgIpc) is 3.07. The van der Waals surface area contributed by atoms with Crippen LogP contribution in [-0.2, 0) is 50.8 Å². The molecule has 1 amide bonds. The lowest BCUT2D eigenvalue weighted by atomic mass is 9.82. The molecule has 0 bridgehead atoms. The molecule has 7 atom stereocenters. The second-order valence-corrected chi connectivity index (χ2v) is 11.6. The first kappa shape index (κ1) is 28.4. The van der Waals surface area contributed by atoms with Crippen molar-refractivity contribution in [3.05, 3.63) is 71.8 Å². The Morgan fingerprint density at radius 3 is 2.03 bits per heavy atom. The Hall–Kier alpha value is -2.59. The number of fused-ring (bicyclic) bond motifs is 1. The molecule has 5 unspecified atom stereocenters. The molecule has 1 aliphatic carbocycles. The molecular formula is C27H34NO9P. The minimum Gasteiger partial charge on any atom is -0.465 e. The number of hydrogen-bond donors (Lipinski definition) is 2. The Labute approximate surface area is 222 Å². The maximum atomic E-state index is 12.5.